The van der Waals surface area contributed by atoms with E-state index in [1.807, 2.05) is 6.92 Å². The number of hydrogen-bond donors (Lipinski definition) is 1. The Balaban J connectivity index is 2.60. The molecule has 5 heteroatoms. The Bertz CT molecular complexity index is 517. The van der Waals surface area contributed by atoms with Crippen molar-refractivity contribution < 1.29 is 13.3 Å². The highest BCUT2D eigenvalue weighted by Gasteiger charge is 2.21. The van der Waals surface area contributed by atoms with Crippen molar-refractivity contribution >= 4 is 5.82 Å². The molecule has 2 rings (SSSR count). The summed E-state index contributed by atoms with van der Waals surface area (Å²) in [6.45, 7) is 1.94. The van der Waals surface area contributed by atoms with Crippen molar-refractivity contribution in [3.63, 3.8) is 0 Å². The summed E-state index contributed by atoms with van der Waals surface area (Å²) in [6, 6.07) is 3.65. The Labute approximate surface area is 97.2 Å². The van der Waals surface area contributed by atoms with E-state index in [9.17, 15) is 8.78 Å². The van der Waals surface area contributed by atoms with Crippen LogP contribution in [0.25, 0.3) is 11.3 Å². The number of aromatic nitrogens is 1. The zero-order valence-corrected chi connectivity index (χ0v) is 9.34. The molecule has 0 aliphatic carbocycles. The maximum Gasteiger partial charge on any atom is 0.178 e. The zero-order valence-electron chi connectivity index (χ0n) is 9.34. The van der Waals surface area contributed by atoms with Crippen molar-refractivity contribution in [2.45, 2.75) is 19.8 Å². The van der Waals surface area contributed by atoms with Crippen LogP contribution in [0.2, 0.25) is 0 Å². The molecule has 1 aromatic carbocycles. The van der Waals surface area contributed by atoms with Gasteiger partial charge in [-0.15, -0.1) is 0 Å². The second-order valence-electron chi connectivity index (χ2n) is 3.72. The van der Waals surface area contributed by atoms with E-state index in [2.05, 4.69) is 5.16 Å². The third kappa shape index (κ3) is 2.00. The molecule has 0 unspecified atom stereocenters. The van der Waals surface area contributed by atoms with E-state index >= 15 is 0 Å². The van der Waals surface area contributed by atoms with E-state index in [0.29, 0.717) is 12.0 Å². The van der Waals surface area contributed by atoms with Crippen LogP contribution in [0.3, 0.4) is 0 Å². The van der Waals surface area contributed by atoms with E-state index in [0.717, 1.165) is 6.42 Å². The third-order valence-electron chi connectivity index (χ3n) is 2.51. The monoisotopic (exact) mass is 238 g/mol. The van der Waals surface area contributed by atoms with Crippen LogP contribution < -0.4 is 5.73 Å². The molecular weight excluding hydrogens is 226 g/mol. The molecule has 1 aromatic heterocycles. The molecule has 3 nitrogen and oxygen atoms in total. The quantitative estimate of drug-likeness (QED) is 0.893. The van der Waals surface area contributed by atoms with Gasteiger partial charge >= 0.3 is 0 Å². The van der Waals surface area contributed by atoms with Gasteiger partial charge in [-0.05, 0) is 18.6 Å². The lowest BCUT2D eigenvalue weighted by atomic mass is 10.0. The molecule has 0 fully saturated rings. The number of benzene rings is 1. The van der Waals surface area contributed by atoms with E-state index in [1.54, 1.807) is 0 Å². The summed E-state index contributed by atoms with van der Waals surface area (Å²) >= 11 is 0. The van der Waals surface area contributed by atoms with Gasteiger partial charge in [-0.3, -0.25) is 0 Å². The average Bonchev–Trinajstić information content (AvgIpc) is 2.62. The first-order valence-electron chi connectivity index (χ1n) is 5.33. The molecule has 2 aromatic rings. The summed E-state index contributed by atoms with van der Waals surface area (Å²) < 4.78 is 32.1. The molecular formula is C12H12F2N2O. The highest BCUT2D eigenvalue weighted by atomic mass is 19.1. The fourth-order valence-electron chi connectivity index (χ4n) is 1.72. The molecule has 0 aliphatic rings. The summed E-state index contributed by atoms with van der Waals surface area (Å²) in [6.07, 6.45) is 1.35. The Morgan fingerprint density at radius 2 is 1.94 bits per heavy atom. The Morgan fingerprint density at radius 1 is 1.29 bits per heavy atom. The minimum atomic E-state index is -0.682. The standard InChI is InChI=1S/C12H12F2N2O/c1-2-4-7-11(17-16-12(7)15)10-8(13)5-3-6-9(10)14/h3,5-6H,2,4H2,1H3,(H2,15,16). The minimum absolute atomic E-state index is 0.0833. The first-order valence-corrected chi connectivity index (χ1v) is 5.33. The third-order valence-corrected chi connectivity index (χ3v) is 2.51. The van der Waals surface area contributed by atoms with Gasteiger partial charge in [-0.1, -0.05) is 24.6 Å². The fraction of sp³-hybridized carbons (Fsp3) is 0.250. The van der Waals surface area contributed by atoms with Gasteiger partial charge < -0.3 is 10.3 Å². The van der Waals surface area contributed by atoms with E-state index in [4.69, 9.17) is 10.3 Å². The summed E-state index contributed by atoms with van der Waals surface area (Å²) in [5, 5.41) is 3.56. The average molecular weight is 238 g/mol. The predicted molar refractivity (Wildman–Crippen MR) is 60.3 cm³/mol. The van der Waals surface area contributed by atoms with Crippen LogP contribution in [0.4, 0.5) is 14.6 Å². The van der Waals surface area contributed by atoms with Crippen LogP contribution in [-0.2, 0) is 6.42 Å². The van der Waals surface area contributed by atoms with Crippen LogP contribution >= 0.6 is 0 Å². The van der Waals surface area contributed by atoms with Crippen LogP contribution in [-0.4, -0.2) is 5.16 Å². The lowest BCUT2D eigenvalue weighted by Gasteiger charge is -2.03. The largest absolute Gasteiger partial charge is 0.381 e. The number of halogens is 2. The van der Waals surface area contributed by atoms with Gasteiger partial charge in [-0.25, -0.2) is 8.78 Å². The molecule has 1 heterocycles. The highest BCUT2D eigenvalue weighted by molar-refractivity contribution is 5.67. The van der Waals surface area contributed by atoms with Crippen LogP contribution in [0.1, 0.15) is 18.9 Å². The lowest BCUT2D eigenvalue weighted by Crippen LogP contribution is -1.95. The molecule has 0 radical (unpaired) electrons. The molecule has 0 aliphatic heterocycles. The van der Waals surface area contributed by atoms with E-state index < -0.39 is 11.6 Å². The topological polar surface area (TPSA) is 52.0 Å². The summed E-state index contributed by atoms with van der Waals surface area (Å²) in [4.78, 5) is 0. The maximum absolute atomic E-state index is 13.6. The smallest absolute Gasteiger partial charge is 0.178 e. The molecule has 0 saturated heterocycles. The number of hydrogen-bond acceptors (Lipinski definition) is 3. The SMILES string of the molecule is CCCc1c(N)noc1-c1c(F)cccc1F. The first-order chi connectivity index (χ1) is 8.15. The zero-order chi connectivity index (χ0) is 12.4. The number of nitrogens with zero attached hydrogens (tertiary/aromatic N) is 1. The van der Waals surface area contributed by atoms with Crippen molar-refractivity contribution in [3.8, 4) is 11.3 Å². The second-order valence-corrected chi connectivity index (χ2v) is 3.72. The molecule has 17 heavy (non-hydrogen) atoms. The van der Waals surface area contributed by atoms with Gasteiger partial charge in [0.1, 0.15) is 11.6 Å². The molecule has 0 amide bonds. The summed E-state index contributed by atoms with van der Waals surface area (Å²) in [7, 11) is 0. The van der Waals surface area contributed by atoms with Crippen molar-refractivity contribution in [2.75, 3.05) is 5.73 Å². The Morgan fingerprint density at radius 3 is 2.53 bits per heavy atom. The number of anilines is 1. The van der Waals surface area contributed by atoms with Crippen LogP contribution in [0.15, 0.2) is 22.7 Å². The number of nitrogens with two attached hydrogens (primary N) is 1. The molecule has 2 N–H and O–H groups in total. The molecule has 90 valence electrons. The number of rotatable bonds is 3. The molecule has 0 saturated carbocycles. The predicted octanol–water partition coefficient (Wildman–Crippen LogP) is 3.15. The van der Waals surface area contributed by atoms with Gasteiger partial charge in [0.2, 0.25) is 0 Å². The Hall–Kier alpha value is -1.91. The van der Waals surface area contributed by atoms with Gasteiger partial charge in [0.25, 0.3) is 0 Å². The number of nitrogen functional groups attached to an aromatic ring is 1. The summed E-state index contributed by atoms with van der Waals surface area (Å²) in [5.74, 6) is -1.10. The van der Waals surface area contributed by atoms with Gasteiger partial charge in [0, 0.05) is 5.56 Å². The summed E-state index contributed by atoms with van der Waals surface area (Å²) in [5.41, 5.74) is 5.96. The van der Waals surface area contributed by atoms with Crippen molar-refractivity contribution in [2.24, 2.45) is 0 Å². The van der Waals surface area contributed by atoms with Crippen LogP contribution in [0, 0.1) is 11.6 Å². The van der Waals surface area contributed by atoms with Crippen molar-refractivity contribution in [3.05, 3.63) is 35.4 Å². The maximum atomic E-state index is 13.6. The minimum Gasteiger partial charge on any atom is -0.381 e. The van der Waals surface area contributed by atoms with Gasteiger partial charge in [0.05, 0.1) is 5.56 Å². The second kappa shape index (κ2) is 4.53. The van der Waals surface area contributed by atoms with Crippen molar-refractivity contribution in [1.29, 1.82) is 0 Å². The first kappa shape index (κ1) is 11.6. The van der Waals surface area contributed by atoms with E-state index in [1.165, 1.54) is 18.2 Å². The lowest BCUT2D eigenvalue weighted by molar-refractivity contribution is 0.429. The van der Waals surface area contributed by atoms with Gasteiger partial charge in [0.15, 0.2) is 11.6 Å². The normalized spacial score (nSPS) is 10.8. The molecule has 0 atom stereocenters. The molecule has 0 bridgehead atoms. The van der Waals surface area contributed by atoms with Crippen LogP contribution in [0.5, 0.6) is 0 Å². The fourth-order valence-corrected chi connectivity index (χ4v) is 1.72. The van der Waals surface area contributed by atoms with E-state index in [-0.39, 0.29) is 17.1 Å². The molecule has 0 spiro atoms. The van der Waals surface area contributed by atoms with Crippen molar-refractivity contribution in [1.82, 2.24) is 5.16 Å². The van der Waals surface area contributed by atoms with Gasteiger partial charge in [-0.2, -0.15) is 0 Å². The highest BCUT2D eigenvalue weighted by Crippen LogP contribution is 2.32. The Kier molecular flexibility index (Phi) is 3.08.